The molecule has 98 valence electrons. The molecule has 0 saturated carbocycles. The second-order valence-electron chi connectivity index (χ2n) is 2.81. The average molecular weight is 281 g/mol. The summed E-state index contributed by atoms with van der Waals surface area (Å²) < 4.78 is 42.2. The number of carbonyl (C=O) groups is 1. The van der Waals surface area contributed by atoms with Gasteiger partial charge < -0.3 is 10.8 Å². The van der Waals surface area contributed by atoms with E-state index >= 15 is 0 Å². The number of alkyl halides is 3. The van der Waals surface area contributed by atoms with Crippen molar-refractivity contribution < 1.29 is 27.3 Å². The van der Waals surface area contributed by atoms with Gasteiger partial charge in [-0.1, -0.05) is 0 Å². The zero-order chi connectivity index (χ0) is 13.4. The number of thiol groups is 1. The molecule has 2 atom stereocenters. The topological polar surface area (TPSA) is 80.4 Å². The van der Waals surface area contributed by atoms with Crippen LogP contribution in [-0.4, -0.2) is 45.3 Å². The van der Waals surface area contributed by atoms with Gasteiger partial charge in [-0.05, 0) is 6.42 Å². The summed E-state index contributed by atoms with van der Waals surface area (Å²) in [6.07, 6.45) is -2.59. The van der Waals surface area contributed by atoms with E-state index in [1.807, 2.05) is 0 Å². The fraction of sp³-hybridized carbons (Fsp3) is 0.857. The molecule has 0 aromatic rings. The van der Waals surface area contributed by atoms with Gasteiger partial charge in [0, 0.05) is 34.6 Å². The maximum absolute atomic E-state index is 10.6. The first-order valence-corrected chi connectivity index (χ1v) is 6.43. The van der Waals surface area contributed by atoms with Crippen LogP contribution in [0.2, 0.25) is 0 Å². The molecule has 9 heteroatoms. The van der Waals surface area contributed by atoms with E-state index in [9.17, 15) is 17.4 Å². The van der Waals surface area contributed by atoms with Gasteiger partial charge in [-0.15, -0.1) is 0 Å². The molecular weight excluding hydrogens is 267 g/mol. The van der Waals surface area contributed by atoms with Gasteiger partial charge >= 0.3 is 12.1 Å². The van der Waals surface area contributed by atoms with Crippen LogP contribution in [0.15, 0.2) is 0 Å². The third-order valence-electron chi connectivity index (χ3n) is 1.25. The highest BCUT2D eigenvalue weighted by atomic mass is 32.2. The van der Waals surface area contributed by atoms with Crippen molar-refractivity contribution in [2.75, 3.05) is 17.8 Å². The van der Waals surface area contributed by atoms with E-state index in [-0.39, 0.29) is 6.04 Å². The lowest BCUT2D eigenvalue weighted by atomic mass is 10.3. The van der Waals surface area contributed by atoms with Crippen LogP contribution in [0.25, 0.3) is 0 Å². The van der Waals surface area contributed by atoms with Crippen LogP contribution >= 0.6 is 12.6 Å². The van der Waals surface area contributed by atoms with Crippen LogP contribution in [0, 0.1) is 0 Å². The molecule has 0 aliphatic carbocycles. The van der Waals surface area contributed by atoms with Crippen LogP contribution < -0.4 is 5.73 Å². The first-order chi connectivity index (χ1) is 7.11. The van der Waals surface area contributed by atoms with Crippen molar-refractivity contribution in [1.82, 2.24) is 0 Å². The van der Waals surface area contributed by atoms with E-state index in [0.29, 0.717) is 11.5 Å². The minimum absolute atomic E-state index is 0.109. The molecule has 0 aliphatic heterocycles. The number of aliphatic carboxylic acids is 1. The van der Waals surface area contributed by atoms with Gasteiger partial charge in [0.05, 0.1) is 0 Å². The lowest BCUT2D eigenvalue weighted by Crippen LogP contribution is -2.23. The van der Waals surface area contributed by atoms with Gasteiger partial charge in [-0.25, -0.2) is 4.79 Å². The second kappa shape index (κ2) is 8.82. The Kier molecular flexibility index (Phi) is 9.98. The molecule has 0 rings (SSSR count). The third kappa shape index (κ3) is 13.7. The van der Waals surface area contributed by atoms with Gasteiger partial charge in [0.15, 0.2) is 0 Å². The van der Waals surface area contributed by atoms with Crippen LogP contribution in [0.3, 0.4) is 0 Å². The number of carboxylic acids is 1. The van der Waals surface area contributed by atoms with E-state index < -0.39 is 22.9 Å². The summed E-state index contributed by atoms with van der Waals surface area (Å²) in [6, 6.07) is 0.109. The molecule has 0 saturated heterocycles. The number of carboxylic acid groups (broad SMARTS) is 1. The Balaban J connectivity index is 0. The van der Waals surface area contributed by atoms with Crippen molar-refractivity contribution in [3.63, 3.8) is 0 Å². The minimum atomic E-state index is -5.08. The summed E-state index contributed by atoms with van der Waals surface area (Å²) in [5, 5.41) is 7.12. The van der Waals surface area contributed by atoms with E-state index in [2.05, 4.69) is 12.6 Å². The largest absolute Gasteiger partial charge is 0.490 e. The number of nitrogens with two attached hydrogens (primary N) is 1. The Labute approximate surface area is 99.3 Å². The highest BCUT2D eigenvalue weighted by Gasteiger charge is 2.38. The summed E-state index contributed by atoms with van der Waals surface area (Å²) in [6.45, 7) is 0. The highest BCUT2D eigenvalue weighted by molar-refractivity contribution is 7.84. The monoisotopic (exact) mass is 281 g/mol. The second-order valence-corrected chi connectivity index (χ2v) is 4.73. The van der Waals surface area contributed by atoms with Crippen LogP contribution in [0.5, 0.6) is 0 Å². The van der Waals surface area contributed by atoms with Crippen molar-refractivity contribution in [3.8, 4) is 0 Å². The molecule has 0 aliphatic rings. The Morgan fingerprint density at radius 1 is 1.56 bits per heavy atom. The molecule has 1 unspecified atom stereocenters. The first kappa shape index (κ1) is 18.1. The van der Waals surface area contributed by atoms with E-state index in [0.717, 1.165) is 6.42 Å². The maximum atomic E-state index is 10.6. The zero-order valence-electron chi connectivity index (χ0n) is 8.53. The summed E-state index contributed by atoms with van der Waals surface area (Å²) in [7, 11) is -0.702. The molecule has 0 heterocycles. The molecule has 16 heavy (non-hydrogen) atoms. The Morgan fingerprint density at radius 2 is 1.94 bits per heavy atom. The van der Waals surface area contributed by atoms with E-state index in [4.69, 9.17) is 15.6 Å². The molecule has 0 radical (unpaired) electrons. The van der Waals surface area contributed by atoms with Gasteiger partial charge in [-0.2, -0.15) is 25.8 Å². The summed E-state index contributed by atoms with van der Waals surface area (Å²) in [5.41, 5.74) is 5.51. The van der Waals surface area contributed by atoms with Crippen molar-refractivity contribution >= 4 is 29.4 Å². The van der Waals surface area contributed by atoms with Crippen molar-refractivity contribution in [3.05, 3.63) is 0 Å². The molecule has 0 aromatic carbocycles. The van der Waals surface area contributed by atoms with Gasteiger partial charge in [0.1, 0.15) is 0 Å². The Morgan fingerprint density at radius 3 is 2.12 bits per heavy atom. The normalized spacial score (nSPS) is 14.6. The van der Waals surface area contributed by atoms with Crippen molar-refractivity contribution in [2.45, 2.75) is 18.6 Å². The van der Waals surface area contributed by atoms with Crippen molar-refractivity contribution in [1.29, 1.82) is 0 Å². The third-order valence-corrected chi connectivity index (χ3v) is 2.53. The average Bonchev–Trinajstić information content (AvgIpc) is 2.13. The van der Waals surface area contributed by atoms with Gasteiger partial charge in [0.2, 0.25) is 0 Å². The predicted octanol–water partition coefficient (Wildman–Crippen LogP) is 0.645. The maximum Gasteiger partial charge on any atom is 0.490 e. The highest BCUT2D eigenvalue weighted by Crippen LogP contribution is 2.13. The molecule has 0 aromatic heterocycles. The lowest BCUT2D eigenvalue weighted by molar-refractivity contribution is -0.192. The fourth-order valence-corrected chi connectivity index (χ4v) is 1.23. The van der Waals surface area contributed by atoms with Crippen LogP contribution in [-0.2, 0) is 15.6 Å². The zero-order valence-corrected chi connectivity index (χ0v) is 10.2. The van der Waals surface area contributed by atoms with Gasteiger partial charge in [-0.3, -0.25) is 4.21 Å². The minimum Gasteiger partial charge on any atom is -0.475 e. The first-order valence-electron chi connectivity index (χ1n) is 4.07. The van der Waals surface area contributed by atoms with Crippen molar-refractivity contribution in [2.24, 2.45) is 5.73 Å². The number of halogens is 3. The molecular formula is C7H14F3NO3S2. The predicted molar refractivity (Wildman–Crippen MR) is 59.1 cm³/mol. The van der Waals surface area contributed by atoms with Crippen LogP contribution in [0.4, 0.5) is 13.2 Å². The molecule has 0 bridgehead atoms. The molecule has 0 fully saturated rings. The number of rotatable bonds is 4. The lowest BCUT2D eigenvalue weighted by Gasteiger charge is -2.04. The molecule has 4 nitrogen and oxygen atoms in total. The summed E-state index contributed by atoms with van der Waals surface area (Å²) in [4.78, 5) is 8.90. The smallest absolute Gasteiger partial charge is 0.475 e. The Hall–Kier alpha value is -0.280. The SMILES string of the molecule is CS(=O)CC[C@H](N)CS.O=C(O)C(F)(F)F. The number of hydrogen-bond donors (Lipinski definition) is 3. The molecule has 0 spiro atoms. The van der Waals surface area contributed by atoms with Gasteiger partial charge in [0.25, 0.3) is 0 Å². The molecule has 0 amide bonds. The quantitative estimate of drug-likeness (QED) is 0.661. The standard InChI is InChI=1S/C5H13NOS2.C2HF3O2/c1-9(7)3-2-5(6)4-8;3-2(4,5)1(6)7/h5,8H,2-4,6H2,1H3;(H,6,7)/t5-,9?;/m0./s1. The molecule has 3 N–H and O–H groups in total. The summed E-state index contributed by atoms with van der Waals surface area (Å²) >= 11 is 3.99. The van der Waals surface area contributed by atoms with Crippen LogP contribution in [0.1, 0.15) is 6.42 Å². The number of hydrogen-bond acceptors (Lipinski definition) is 4. The fourth-order valence-electron chi connectivity index (χ4n) is 0.409. The Bertz CT molecular complexity index is 235. The summed E-state index contributed by atoms with van der Waals surface area (Å²) in [5.74, 6) is -1.38. The van der Waals surface area contributed by atoms with E-state index in [1.54, 1.807) is 6.26 Å². The van der Waals surface area contributed by atoms with E-state index in [1.165, 1.54) is 0 Å².